The zero-order chi connectivity index (χ0) is 21.6. The Kier molecular flexibility index (Phi) is 6.60. The number of fused-ring (bicyclic) bond motifs is 1. The fourth-order valence-corrected chi connectivity index (χ4v) is 3.97. The van der Waals surface area contributed by atoms with Crippen molar-refractivity contribution in [1.29, 1.82) is 0 Å². The number of anilines is 1. The van der Waals surface area contributed by atoms with Gasteiger partial charge in [0.2, 0.25) is 0 Å². The molecule has 0 bridgehead atoms. The third-order valence-corrected chi connectivity index (χ3v) is 5.56. The van der Waals surface area contributed by atoms with Crippen LogP contribution in [-0.2, 0) is 0 Å². The Morgan fingerprint density at radius 2 is 1.35 bits per heavy atom. The summed E-state index contributed by atoms with van der Waals surface area (Å²) in [4.78, 5) is 12.4. The third-order valence-electron chi connectivity index (χ3n) is 4.36. The van der Waals surface area contributed by atoms with Crippen LogP contribution in [0.3, 0.4) is 0 Å². The lowest BCUT2D eigenvalue weighted by Crippen LogP contribution is -2.10. The molecule has 0 unspecified atom stereocenters. The van der Waals surface area contributed by atoms with E-state index in [1.165, 1.54) is 6.33 Å². The molecule has 3 N–H and O–H groups in total. The summed E-state index contributed by atoms with van der Waals surface area (Å²) in [6.45, 7) is 0. The van der Waals surface area contributed by atoms with Crippen LogP contribution in [0.4, 0.5) is 5.82 Å². The van der Waals surface area contributed by atoms with Crippen molar-refractivity contribution in [2.75, 3.05) is 5.43 Å². The SMILES string of the molecule is Brc1ncn2cnnc2c1-c1ccccc1.NNc1ncnc(Br)c1-c1ccccc1. The van der Waals surface area contributed by atoms with Crippen LogP contribution >= 0.6 is 31.9 Å². The molecule has 8 nitrogen and oxygen atoms in total. The molecule has 0 amide bonds. The number of halogens is 2. The first-order valence-electron chi connectivity index (χ1n) is 9.11. The topological polar surface area (TPSA) is 107 Å². The number of hydrazine groups is 1. The monoisotopic (exact) mass is 538 g/mol. The summed E-state index contributed by atoms with van der Waals surface area (Å²) in [5.74, 6) is 6.00. The molecule has 10 heteroatoms. The fraction of sp³-hybridized carbons (Fsp3) is 0. The first kappa shape index (κ1) is 21.0. The predicted octanol–water partition coefficient (Wildman–Crippen LogP) is 4.75. The van der Waals surface area contributed by atoms with Crippen LogP contribution in [0.25, 0.3) is 27.9 Å². The molecule has 3 heterocycles. The third kappa shape index (κ3) is 4.61. The van der Waals surface area contributed by atoms with Gasteiger partial charge in [-0.25, -0.2) is 20.8 Å². The molecule has 0 aliphatic carbocycles. The van der Waals surface area contributed by atoms with Crippen LogP contribution in [0.2, 0.25) is 0 Å². The molecular weight excluding hydrogens is 524 g/mol. The summed E-state index contributed by atoms with van der Waals surface area (Å²) >= 11 is 6.82. The van der Waals surface area contributed by atoms with Crippen molar-refractivity contribution in [2.45, 2.75) is 0 Å². The molecule has 154 valence electrons. The average Bonchev–Trinajstić information content (AvgIpc) is 3.29. The Balaban J connectivity index is 0.000000150. The zero-order valence-electron chi connectivity index (χ0n) is 16.0. The lowest BCUT2D eigenvalue weighted by molar-refractivity contribution is 1.06. The summed E-state index contributed by atoms with van der Waals surface area (Å²) in [7, 11) is 0. The van der Waals surface area contributed by atoms with Crippen molar-refractivity contribution in [3.63, 3.8) is 0 Å². The van der Waals surface area contributed by atoms with Gasteiger partial charge in [0.15, 0.2) is 11.5 Å². The quantitative estimate of drug-likeness (QED) is 0.193. The van der Waals surface area contributed by atoms with Gasteiger partial charge in [0.1, 0.15) is 28.2 Å². The van der Waals surface area contributed by atoms with Crippen molar-refractivity contribution in [3.05, 3.63) is 88.9 Å². The average molecular weight is 540 g/mol. The number of rotatable bonds is 3. The van der Waals surface area contributed by atoms with E-state index in [1.807, 2.05) is 60.7 Å². The second-order valence-electron chi connectivity index (χ2n) is 6.24. The van der Waals surface area contributed by atoms with Gasteiger partial charge in [0, 0.05) is 0 Å². The molecule has 0 spiro atoms. The number of aromatic nitrogens is 6. The minimum atomic E-state index is 0.600. The van der Waals surface area contributed by atoms with Gasteiger partial charge in [-0.15, -0.1) is 10.2 Å². The van der Waals surface area contributed by atoms with Gasteiger partial charge in [-0.3, -0.25) is 4.40 Å². The second-order valence-corrected chi connectivity index (χ2v) is 7.74. The smallest absolute Gasteiger partial charge is 0.172 e. The van der Waals surface area contributed by atoms with E-state index >= 15 is 0 Å². The van der Waals surface area contributed by atoms with Gasteiger partial charge in [-0.2, -0.15) is 0 Å². The number of benzene rings is 2. The van der Waals surface area contributed by atoms with E-state index in [2.05, 4.69) is 62.4 Å². The van der Waals surface area contributed by atoms with Gasteiger partial charge < -0.3 is 5.43 Å². The molecule has 0 atom stereocenters. The van der Waals surface area contributed by atoms with Crippen molar-refractivity contribution >= 4 is 43.3 Å². The first-order valence-corrected chi connectivity index (χ1v) is 10.7. The summed E-state index contributed by atoms with van der Waals surface area (Å²) in [5, 5.41) is 7.98. The largest absolute Gasteiger partial charge is 0.308 e. The van der Waals surface area contributed by atoms with Crippen molar-refractivity contribution < 1.29 is 0 Å². The summed E-state index contributed by atoms with van der Waals surface area (Å²) in [5.41, 5.74) is 7.26. The maximum Gasteiger partial charge on any atom is 0.172 e. The van der Waals surface area contributed by atoms with E-state index in [-0.39, 0.29) is 0 Å². The van der Waals surface area contributed by atoms with Crippen molar-refractivity contribution in [1.82, 2.24) is 29.5 Å². The molecule has 2 aromatic carbocycles. The van der Waals surface area contributed by atoms with E-state index in [4.69, 9.17) is 5.84 Å². The van der Waals surface area contributed by atoms with Gasteiger partial charge in [0.05, 0.1) is 11.1 Å². The first-order chi connectivity index (χ1) is 15.2. The minimum Gasteiger partial charge on any atom is -0.308 e. The Bertz CT molecular complexity index is 1290. The van der Waals surface area contributed by atoms with E-state index in [1.54, 1.807) is 17.1 Å². The van der Waals surface area contributed by atoms with Crippen LogP contribution in [-0.4, -0.2) is 29.5 Å². The molecule has 0 radical (unpaired) electrons. The van der Waals surface area contributed by atoms with Gasteiger partial charge in [-0.1, -0.05) is 60.7 Å². The van der Waals surface area contributed by atoms with E-state index in [9.17, 15) is 0 Å². The predicted molar refractivity (Wildman–Crippen MR) is 127 cm³/mol. The standard InChI is InChI=1S/C11H7BrN4.C10H9BrN4/c12-10-9(8-4-2-1-3-5-8)11-15-14-7-16(11)6-13-10;11-9-8(7-4-2-1-3-5-7)10(15-12)14-6-13-9/h1-7H;1-6H,12H2,(H,13,14,15). The minimum absolute atomic E-state index is 0.600. The van der Waals surface area contributed by atoms with Crippen LogP contribution in [0.15, 0.2) is 88.9 Å². The normalized spacial score (nSPS) is 10.4. The molecule has 0 aliphatic heterocycles. The van der Waals surface area contributed by atoms with Crippen LogP contribution in [0.5, 0.6) is 0 Å². The Hall–Kier alpha value is -3.21. The highest BCUT2D eigenvalue weighted by atomic mass is 79.9. The fourth-order valence-electron chi connectivity index (χ4n) is 2.96. The maximum absolute atomic E-state index is 5.40. The zero-order valence-corrected chi connectivity index (χ0v) is 19.2. The summed E-state index contributed by atoms with van der Waals surface area (Å²) in [6, 6.07) is 19.8. The molecule has 0 aliphatic rings. The molecule has 5 rings (SSSR count). The molecule has 0 fully saturated rings. The summed E-state index contributed by atoms with van der Waals surface area (Å²) in [6.07, 6.45) is 4.78. The Morgan fingerprint density at radius 1 is 0.742 bits per heavy atom. The van der Waals surface area contributed by atoms with Crippen LogP contribution in [0, 0.1) is 0 Å². The van der Waals surface area contributed by atoms with Crippen LogP contribution in [0.1, 0.15) is 0 Å². The Labute approximate surface area is 194 Å². The van der Waals surface area contributed by atoms with E-state index < -0.39 is 0 Å². The van der Waals surface area contributed by atoms with Gasteiger partial charge in [-0.05, 0) is 43.0 Å². The van der Waals surface area contributed by atoms with Crippen molar-refractivity contribution in [3.8, 4) is 22.3 Å². The van der Waals surface area contributed by atoms with E-state index in [0.29, 0.717) is 5.82 Å². The van der Waals surface area contributed by atoms with E-state index in [0.717, 1.165) is 37.1 Å². The highest BCUT2D eigenvalue weighted by molar-refractivity contribution is 9.10. The molecule has 5 aromatic rings. The number of nitrogens with two attached hydrogens (primary N) is 1. The second kappa shape index (κ2) is 9.73. The molecule has 0 saturated carbocycles. The molecule has 0 saturated heterocycles. The number of nitrogens with zero attached hydrogens (tertiary/aromatic N) is 6. The highest BCUT2D eigenvalue weighted by Gasteiger charge is 2.11. The van der Waals surface area contributed by atoms with Gasteiger partial charge >= 0.3 is 0 Å². The highest BCUT2D eigenvalue weighted by Crippen LogP contribution is 2.31. The van der Waals surface area contributed by atoms with Gasteiger partial charge in [0.25, 0.3) is 0 Å². The van der Waals surface area contributed by atoms with Crippen LogP contribution < -0.4 is 11.3 Å². The number of hydrogen-bond acceptors (Lipinski definition) is 7. The lowest BCUT2D eigenvalue weighted by atomic mass is 10.1. The maximum atomic E-state index is 5.40. The molecular formula is C21H16Br2N8. The number of hydrogen-bond donors (Lipinski definition) is 2. The molecule has 31 heavy (non-hydrogen) atoms. The molecule has 3 aromatic heterocycles. The number of nitrogen functional groups attached to an aromatic ring is 1. The van der Waals surface area contributed by atoms with Crippen molar-refractivity contribution in [2.24, 2.45) is 5.84 Å². The number of nitrogens with one attached hydrogen (secondary N) is 1. The lowest BCUT2D eigenvalue weighted by Gasteiger charge is -2.08. The summed E-state index contributed by atoms with van der Waals surface area (Å²) < 4.78 is 3.29. The Morgan fingerprint density at radius 3 is 2.00 bits per heavy atom.